The van der Waals surface area contributed by atoms with E-state index in [1.54, 1.807) is 32.0 Å². The molecule has 2 aromatic carbocycles. The van der Waals surface area contributed by atoms with Crippen molar-refractivity contribution < 1.29 is 19.0 Å². The fourth-order valence-electron chi connectivity index (χ4n) is 3.42. The van der Waals surface area contributed by atoms with Crippen molar-refractivity contribution in [2.75, 3.05) is 0 Å². The summed E-state index contributed by atoms with van der Waals surface area (Å²) in [7, 11) is 0. The largest absolute Gasteiger partial charge is 0.503 e. The van der Waals surface area contributed by atoms with Gasteiger partial charge in [0.15, 0.2) is 11.6 Å². The lowest BCUT2D eigenvalue weighted by Gasteiger charge is -2.15. The Kier molecular flexibility index (Phi) is 4.27. The molecule has 0 saturated carbocycles. The van der Waals surface area contributed by atoms with Crippen LogP contribution in [0.2, 0.25) is 5.02 Å². The van der Waals surface area contributed by atoms with E-state index in [9.17, 15) is 19.0 Å². The highest BCUT2D eigenvalue weighted by Crippen LogP contribution is 2.48. The maximum absolute atomic E-state index is 14.9. The van der Waals surface area contributed by atoms with Gasteiger partial charge in [0.1, 0.15) is 5.82 Å². The fraction of sp³-hybridized carbons (Fsp3) is 0.150. The van der Waals surface area contributed by atoms with Crippen molar-refractivity contribution in [2.45, 2.75) is 19.8 Å². The highest BCUT2D eigenvalue weighted by atomic mass is 35.5. The molecular weight excluding hydrogens is 388 g/mol. The quantitative estimate of drug-likeness (QED) is 0.396. The highest BCUT2D eigenvalue weighted by Gasteiger charge is 2.30. The molecule has 0 amide bonds. The molecule has 0 unspecified atom stereocenters. The molecular formula is C20H16ClF2N3O2. The molecule has 5 nitrogen and oxygen atoms in total. The normalized spacial score (nSPS) is 11.6. The molecule has 28 heavy (non-hydrogen) atoms. The summed E-state index contributed by atoms with van der Waals surface area (Å²) >= 11 is 5.89. The molecule has 3 N–H and O–H groups in total. The lowest BCUT2D eigenvalue weighted by Crippen LogP contribution is -2.03. The second-order valence-corrected chi connectivity index (χ2v) is 7.15. The van der Waals surface area contributed by atoms with Gasteiger partial charge in [0, 0.05) is 5.56 Å². The second kappa shape index (κ2) is 6.53. The van der Waals surface area contributed by atoms with Crippen molar-refractivity contribution >= 4 is 22.6 Å². The Morgan fingerprint density at radius 2 is 1.89 bits per heavy atom. The molecule has 0 radical (unpaired) electrons. The van der Waals surface area contributed by atoms with Gasteiger partial charge in [-0.25, -0.2) is 13.8 Å². The van der Waals surface area contributed by atoms with Gasteiger partial charge in [0.2, 0.25) is 5.88 Å². The lowest BCUT2D eigenvalue weighted by molar-refractivity contribution is 0.384. The number of nitrogens with zero attached hydrogens (tertiary/aromatic N) is 2. The van der Waals surface area contributed by atoms with Crippen molar-refractivity contribution in [2.24, 2.45) is 0 Å². The summed E-state index contributed by atoms with van der Waals surface area (Å²) in [5.74, 6) is -3.12. The third-order valence-corrected chi connectivity index (χ3v) is 4.97. The SMILES string of the molecule is CC(C)c1c(O)c(O)n(-c2ccc3nc[nH]c3c2)c1-c1c(F)ccc(Cl)c1F. The molecule has 0 bridgehead atoms. The van der Waals surface area contributed by atoms with Crippen molar-refractivity contribution in [1.82, 2.24) is 14.5 Å². The van der Waals surface area contributed by atoms with E-state index in [0.717, 1.165) is 12.1 Å². The molecule has 0 aliphatic carbocycles. The van der Waals surface area contributed by atoms with E-state index in [4.69, 9.17) is 11.6 Å². The first kappa shape index (κ1) is 18.3. The average molecular weight is 404 g/mol. The summed E-state index contributed by atoms with van der Waals surface area (Å²) in [5, 5.41) is 20.9. The first-order valence-electron chi connectivity index (χ1n) is 8.55. The number of H-pyrrole nitrogens is 1. The summed E-state index contributed by atoms with van der Waals surface area (Å²) in [4.78, 5) is 7.08. The predicted molar refractivity (Wildman–Crippen MR) is 103 cm³/mol. The van der Waals surface area contributed by atoms with Crippen molar-refractivity contribution in [3.8, 4) is 28.6 Å². The number of hydrogen-bond acceptors (Lipinski definition) is 3. The van der Waals surface area contributed by atoms with E-state index in [0.29, 0.717) is 16.7 Å². The smallest absolute Gasteiger partial charge is 0.240 e. The number of fused-ring (bicyclic) bond motifs is 1. The molecule has 0 aliphatic rings. The Morgan fingerprint density at radius 1 is 1.14 bits per heavy atom. The second-order valence-electron chi connectivity index (χ2n) is 6.75. The van der Waals surface area contributed by atoms with Gasteiger partial charge in [-0.15, -0.1) is 0 Å². The molecule has 4 rings (SSSR count). The molecule has 0 saturated heterocycles. The van der Waals surface area contributed by atoms with E-state index in [1.165, 1.54) is 10.9 Å². The zero-order valence-corrected chi connectivity index (χ0v) is 15.7. The molecule has 4 aromatic rings. The van der Waals surface area contributed by atoms with Crippen LogP contribution in [-0.2, 0) is 0 Å². The van der Waals surface area contributed by atoms with Gasteiger partial charge in [-0.2, -0.15) is 0 Å². The van der Waals surface area contributed by atoms with Crippen molar-refractivity contribution in [1.29, 1.82) is 0 Å². The van der Waals surface area contributed by atoms with Crippen molar-refractivity contribution in [3.63, 3.8) is 0 Å². The number of aromatic hydroxyl groups is 2. The van der Waals surface area contributed by atoms with Gasteiger partial charge in [0.05, 0.1) is 39.3 Å². The molecule has 0 spiro atoms. The summed E-state index contributed by atoms with van der Waals surface area (Å²) in [6, 6.07) is 7.16. The number of imidazole rings is 1. The molecule has 0 atom stereocenters. The van der Waals surface area contributed by atoms with E-state index in [-0.39, 0.29) is 22.2 Å². The summed E-state index contributed by atoms with van der Waals surface area (Å²) in [6.07, 6.45) is 1.51. The number of aromatic amines is 1. The van der Waals surface area contributed by atoms with Crippen LogP contribution in [0.4, 0.5) is 8.78 Å². The van der Waals surface area contributed by atoms with Gasteiger partial charge in [0.25, 0.3) is 0 Å². The van der Waals surface area contributed by atoms with Crippen LogP contribution in [0.3, 0.4) is 0 Å². The maximum Gasteiger partial charge on any atom is 0.240 e. The minimum Gasteiger partial charge on any atom is -0.503 e. The third kappa shape index (κ3) is 2.62. The monoisotopic (exact) mass is 403 g/mol. The van der Waals surface area contributed by atoms with Gasteiger partial charge >= 0.3 is 0 Å². The molecule has 2 aromatic heterocycles. The molecule has 144 valence electrons. The summed E-state index contributed by atoms with van der Waals surface area (Å²) in [6.45, 7) is 3.50. The summed E-state index contributed by atoms with van der Waals surface area (Å²) in [5.41, 5.74) is 1.53. The Morgan fingerprint density at radius 3 is 2.61 bits per heavy atom. The van der Waals surface area contributed by atoms with E-state index in [2.05, 4.69) is 9.97 Å². The van der Waals surface area contributed by atoms with Crippen LogP contribution >= 0.6 is 11.6 Å². The van der Waals surface area contributed by atoms with Gasteiger partial charge in [-0.3, -0.25) is 4.57 Å². The maximum atomic E-state index is 14.9. The average Bonchev–Trinajstić information content (AvgIpc) is 3.21. The Hall–Kier alpha value is -3.06. The first-order valence-corrected chi connectivity index (χ1v) is 8.93. The summed E-state index contributed by atoms with van der Waals surface area (Å²) < 4.78 is 30.8. The van der Waals surface area contributed by atoms with Crippen LogP contribution in [0.5, 0.6) is 11.6 Å². The molecule has 0 aliphatic heterocycles. The Bertz CT molecular complexity index is 1210. The standard InChI is InChI=1S/C20H16ClF2N3O2/c1-9(2)15-18(16-12(22)5-4-11(21)17(16)23)26(20(28)19(15)27)10-3-6-13-14(7-10)25-8-24-13/h3-9,27-28H,1-2H3,(H,24,25). The topological polar surface area (TPSA) is 74.1 Å². The van der Waals surface area contributed by atoms with E-state index < -0.39 is 28.8 Å². The van der Waals surface area contributed by atoms with Gasteiger partial charge in [-0.1, -0.05) is 25.4 Å². The van der Waals surface area contributed by atoms with E-state index in [1.807, 2.05) is 0 Å². The number of halogens is 3. The number of hydrogen-bond donors (Lipinski definition) is 3. The van der Waals surface area contributed by atoms with Crippen LogP contribution in [0.25, 0.3) is 28.0 Å². The number of nitrogens with one attached hydrogen (secondary N) is 1. The minimum absolute atomic E-state index is 0.00126. The van der Waals surface area contributed by atoms with Crippen LogP contribution in [0.1, 0.15) is 25.3 Å². The fourth-order valence-corrected chi connectivity index (χ4v) is 3.57. The number of benzene rings is 2. The van der Waals surface area contributed by atoms with Crippen LogP contribution in [0, 0.1) is 11.6 Å². The van der Waals surface area contributed by atoms with Crippen LogP contribution in [-0.4, -0.2) is 24.7 Å². The molecule has 8 heteroatoms. The predicted octanol–water partition coefficient (Wildman–Crippen LogP) is 5.49. The highest BCUT2D eigenvalue weighted by molar-refractivity contribution is 6.31. The van der Waals surface area contributed by atoms with E-state index >= 15 is 0 Å². The van der Waals surface area contributed by atoms with Crippen molar-refractivity contribution in [3.05, 3.63) is 58.9 Å². The number of aromatic nitrogens is 3. The molecule has 0 fully saturated rings. The number of rotatable bonds is 3. The first-order chi connectivity index (χ1) is 13.3. The zero-order chi connectivity index (χ0) is 20.2. The third-order valence-electron chi connectivity index (χ3n) is 4.68. The lowest BCUT2D eigenvalue weighted by atomic mass is 9.97. The molecule has 2 heterocycles. The minimum atomic E-state index is -0.968. The van der Waals surface area contributed by atoms with Gasteiger partial charge < -0.3 is 15.2 Å². The Balaban J connectivity index is 2.13. The van der Waals surface area contributed by atoms with Gasteiger partial charge in [-0.05, 0) is 36.2 Å². The zero-order valence-electron chi connectivity index (χ0n) is 15.0. The van der Waals surface area contributed by atoms with Crippen LogP contribution < -0.4 is 0 Å². The van der Waals surface area contributed by atoms with Crippen LogP contribution in [0.15, 0.2) is 36.7 Å². The Labute approximate surface area is 163 Å².